The maximum absolute atomic E-state index is 2.37. The van der Waals surface area contributed by atoms with Crippen LogP contribution in [-0.2, 0) is 25.8 Å². The molecule has 0 radical (unpaired) electrons. The molecule has 0 saturated heterocycles. The quantitative estimate of drug-likeness (QED) is 0.203. The summed E-state index contributed by atoms with van der Waals surface area (Å²) >= 11 is 0. The molecule has 1 heterocycles. The standard InChI is InChI=1S/C19H16N.C6H7.2ClH.Hf/c1-13-14(2)20(19-10-6-5-9-18(13)19)17-11-15-7-3-4-8-16(15)12-17;1-6-4-2-3-5-6;;;/h3-12H,1-2H3;2-5H,1H3;2*1H;/q2*-1;;;+4/p-2. The van der Waals surface area contributed by atoms with Crippen LogP contribution in [0.4, 0.5) is 0 Å². The van der Waals surface area contributed by atoms with Crippen LogP contribution in [0.15, 0.2) is 84.9 Å². The number of hydrogen-bond acceptors (Lipinski definition) is 0. The molecule has 0 aliphatic heterocycles. The molecule has 5 rings (SSSR count). The molecule has 0 spiro atoms. The number of halogens is 2. The minimum absolute atomic E-state index is 0. The van der Waals surface area contributed by atoms with E-state index in [0.717, 1.165) is 0 Å². The van der Waals surface area contributed by atoms with Crippen molar-refractivity contribution in [1.82, 2.24) is 4.57 Å². The van der Waals surface area contributed by atoms with Gasteiger partial charge < -0.3 is 29.4 Å². The Kier molecular flexibility index (Phi) is 9.61. The van der Waals surface area contributed by atoms with Crippen LogP contribution in [0.5, 0.6) is 0 Å². The van der Waals surface area contributed by atoms with Gasteiger partial charge in [0.2, 0.25) is 0 Å². The number of aryl methyl sites for hydroxylation is 2. The Bertz CT molecular complexity index is 1130. The molecule has 0 aliphatic carbocycles. The minimum Gasteiger partial charge on any atom is -1.00 e. The van der Waals surface area contributed by atoms with Crippen molar-refractivity contribution in [3.8, 4) is 5.69 Å². The van der Waals surface area contributed by atoms with Crippen molar-refractivity contribution in [1.29, 1.82) is 0 Å². The van der Waals surface area contributed by atoms with Gasteiger partial charge >= 0.3 is 25.8 Å². The van der Waals surface area contributed by atoms with E-state index in [1.54, 1.807) is 0 Å². The maximum Gasteiger partial charge on any atom is 4.00 e. The molecule has 4 aromatic carbocycles. The zero-order valence-corrected chi connectivity index (χ0v) is 21.9. The van der Waals surface area contributed by atoms with Crippen LogP contribution >= 0.6 is 0 Å². The van der Waals surface area contributed by atoms with Crippen molar-refractivity contribution in [2.24, 2.45) is 0 Å². The summed E-state index contributed by atoms with van der Waals surface area (Å²) in [5.74, 6) is 0. The molecule has 0 saturated carbocycles. The van der Waals surface area contributed by atoms with E-state index in [1.165, 1.54) is 44.2 Å². The third-order valence-electron chi connectivity index (χ3n) is 5.12. The van der Waals surface area contributed by atoms with Crippen LogP contribution in [0.1, 0.15) is 16.8 Å². The fourth-order valence-corrected chi connectivity index (χ4v) is 3.60. The van der Waals surface area contributed by atoms with E-state index in [4.69, 9.17) is 0 Å². The summed E-state index contributed by atoms with van der Waals surface area (Å²) in [7, 11) is 0. The van der Waals surface area contributed by atoms with Crippen molar-refractivity contribution >= 4 is 21.7 Å². The monoisotopic (exact) mass is 587 g/mol. The van der Waals surface area contributed by atoms with E-state index in [0.29, 0.717) is 0 Å². The van der Waals surface area contributed by atoms with Gasteiger partial charge in [-0.15, -0.1) is 41.1 Å². The Morgan fingerprint density at radius 2 is 1.45 bits per heavy atom. The molecular weight excluding hydrogens is 564 g/mol. The molecule has 4 heteroatoms. The first-order chi connectivity index (χ1) is 12.6. The molecule has 0 fully saturated rings. The van der Waals surface area contributed by atoms with Gasteiger partial charge in [-0.1, -0.05) is 31.2 Å². The average Bonchev–Trinajstić information content (AvgIpc) is 3.35. The van der Waals surface area contributed by atoms with Crippen LogP contribution in [0, 0.1) is 20.8 Å². The molecule has 0 N–H and O–H groups in total. The second-order valence-electron chi connectivity index (χ2n) is 6.87. The fraction of sp³-hybridized carbons (Fsp3) is 0.120. The Morgan fingerprint density at radius 3 is 2.07 bits per heavy atom. The van der Waals surface area contributed by atoms with Crippen molar-refractivity contribution in [3.05, 3.63) is 102 Å². The fourth-order valence-electron chi connectivity index (χ4n) is 3.60. The Balaban J connectivity index is 0.000000408. The van der Waals surface area contributed by atoms with Gasteiger partial charge in [-0.2, -0.15) is 17.7 Å². The Labute approximate surface area is 204 Å². The van der Waals surface area contributed by atoms with E-state index in [1.807, 2.05) is 12.1 Å². The number of hydrogen-bond donors (Lipinski definition) is 0. The average molecular weight is 587 g/mol. The Hall–Kier alpha value is -1.61. The molecular formula is C25H23Cl2HfN. The summed E-state index contributed by atoms with van der Waals surface area (Å²) < 4.78 is 2.37. The number of aromatic nitrogens is 1. The van der Waals surface area contributed by atoms with Gasteiger partial charge in [-0.25, -0.2) is 12.1 Å². The van der Waals surface area contributed by atoms with Gasteiger partial charge in [0.05, 0.1) is 5.52 Å². The largest absolute Gasteiger partial charge is 4.00 e. The zero-order chi connectivity index (χ0) is 18.1. The summed E-state index contributed by atoms with van der Waals surface area (Å²) in [6.07, 6.45) is 0. The predicted octanol–water partition coefficient (Wildman–Crippen LogP) is 0.839. The maximum atomic E-state index is 2.37. The molecule has 146 valence electrons. The number of fused-ring (bicyclic) bond motifs is 2. The van der Waals surface area contributed by atoms with Gasteiger partial charge in [0.25, 0.3) is 0 Å². The topological polar surface area (TPSA) is 4.93 Å². The van der Waals surface area contributed by atoms with E-state index >= 15 is 0 Å². The smallest absolute Gasteiger partial charge is 1.00 e. The van der Waals surface area contributed by atoms with Gasteiger partial charge in [-0.05, 0) is 31.2 Å². The van der Waals surface area contributed by atoms with Gasteiger partial charge in [0, 0.05) is 11.1 Å². The van der Waals surface area contributed by atoms with Crippen molar-refractivity contribution < 1.29 is 50.7 Å². The van der Waals surface area contributed by atoms with E-state index in [2.05, 4.69) is 98.1 Å². The van der Waals surface area contributed by atoms with Crippen LogP contribution in [0.25, 0.3) is 27.4 Å². The summed E-state index contributed by atoms with van der Waals surface area (Å²) in [6.45, 7) is 6.49. The summed E-state index contributed by atoms with van der Waals surface area (Å²) in [6, 6.07) is 30.0. The first kappa shape index (κ1) is 25.4. The number of nitrogens with zero attached hydrogens (tertiary/aromatic N) is 1. The van der Waals surface area contributed by atoms with E-state index in [-0.39, 0.29) is 50.7 Å². The third-order valence-corrected chi connectivity index (χ3v) is 5.12. The predicted molar refractivity (Wildman–Crippen MR) is 113 cm³/mol. The first-order valence-electron chi connectivity index (χ1n) is 9.06. The van der Waals surface area contributed by atoms with Crippen LogP contribution in [0.3, 0.4) is 0 Å². The second kappa shape index (κ2) is 11.0. The van der Waals surface area contributed by atoms with Crippen LogP contribution in [-0.4, -0.2) is 4.57 Å². The van der Waals surface area contributed by atoms with Gasteiger partial charge in [0.1, 0.15) is 0 Å². The summed E-state index contributed by atoms with van der Waals surface area (Å²) in [4.78, 5) is 0. The number of benzene rings is 2. The third kappa shape index (κ3) is 5.12. The molecule has 29 heavy (non-hydrogen) atoms. The molecule has 0 bridgehead atoms. The van der Waals surface area contributed by atoms with Crippen molar-refractivity contribution in [2.45, 2.75) is 20.8 Å². The summed E-state index contributed by atoms with van der Waals surface area (Å²) in [5.41, 5.74) is 6.58. The SMILES string of the molecule is C[c-]1cccc1.Cc1c(C)n(-c2cc3ccccc3[cH-]2)c2ccccc12.[Cl-].[Cl-].[Hf+4]. The zero-order valence-electron chi connectivity index (χ0n) is 16.8. The molecule has 1 nitrogen and oxygen atoms in total. The van der Waals surface area contributed by atoms with E-state index in [9.17, 15) is 0 Å². The normalized spacial score (nSPS) is 9.76. The van der Waals surface area contributed by atoms with Gasteiger partial charge in [-0.3, -0.25) is 0 Å². The van der Waals surface area contributed by atoms with Crippen molar-refractivity contribution in [2.75, 3.05) is 0 Å². The molecule has 0 amide bonds. The van der Waals surface area contributed by atoms with Crippen molar-refractivity contribution in [3.63, 3.8) is 0 Å². The van der Waals surface area contributed by atoms with Crippen LogP contribution < -0.4 is 24.8 Å². The second-order valence-corrected chi connectivity index (χ2v) is 6.87. The molecule has 1 aromatic heterocycles. The first-order valence-corrected chi connectivity index (χ1v) is 9.06. The number of para-hydroxylation sites is 1. The summed E-state index contributed by atoms with van der Waals surface area (Å²) in [5, 5.41) is 3.95. The molecule has 0 unspecified atom stereocenters. The minimum atomic E-state index is 0. The molecule has 5 aromatic rings. The molecule has 0 aliphatic rings. The van der Waals surface area contributed by atoms with Crippen LogP contribution in [0.2, 0.25) is 0 Å². The number of rotatable bonds is 1. The Morgan fingerprint density at radius 1 is 0.828 bits per heavy atom. The molecule has 0 atom stereocenters. The van der Waals surface area contributed by atoms with E-state index < -0.39 is 0 Å². The van der Waals surface area contributed by atoms with Gasteiger partial charge in [0.15, 0.2) is 0 Å².